The maximum atomic E-state index is 13.3. The molecule has 0 unspecified atom stereocenters. The van der Waals surface area contributed by atoms with E-state index in [0.717, 1.165) is 17.4 Å². The molecule has 0 amide bonds. The monoisotopic (exact) mass is 552 g/mol. The highest BCUT2D eigenvalue weighted by Crippen LogP contribution is 2.37. The molecule has 5 rings (SSSR count). The van der Waals surface area contributed by atoms with Gasteiger partial charge in [-0.05, 0) is 97.2 Å². The maximum Gasteiger partial charge on any atom is 0.338 e. The molecule has 0 heterocycles. The summed E-state index contributed by atoms with van der Waals surface area (Å²) in [6.45, 7) is 6.43. The van der Waals surface area contributed by atoms with Gasteiger partial charge < -0.3 is 9.47 Å². The number of hydrogen-bond acceptors (Lipinski definition) is 4. The van der Waals surface area contributed by atoms with Gasteiger partial charge in [-0.15, -0.1) is 0 Å². The number of benzene rings is 3. The van der Waals surface area contributed by atoms with Crippen LogP contribution in [-0.4, -0.2) is 18.0 Å². The Hall–Kier alpha value is -3.40. The second-order valence-corrected chi connectivity index (χ2v) is 12.5. The summed E-state index contributed by atoms with van der Waals surface area (Å²) >= 11 is 0. The van der Waals surface area contributed by atoms with E-state index in [0.29, 0.717) is 23.0 Å². The van der Waals surface area contributed by atoms with Crippen molar-refractivity contribution in [3.8, 4) is 0 Å². The summed E-state index contributed by atoms with van der Waals surface area (Å²) in [5.41, 5.74) is 4.39. The number of esters is 2. The van der Waals surface area contributed by atoms with E-state index in [9.17, 15) is 9.59 Å². The molecule has 3 aromatic carbocycles. The number of hydrogen-bond donors (Lipinski definition) is 0. The first kappa shape index (κ1) is 29.1. The van der Waals surface area contributed by atoms with E-state index in [-0.39, 0.29) is 0 Å². The Labute approximate surface area is 245 Å². The lowest BCUT2D eigenvalue weighted by molar-refractivity contribution is -0.0312. The minimum absolute atomic E-state index is 0.413. The highest BCUT2D eigenvalue weighted by molar-refractivity contribution is 5.90. The van der Waals surface area contributed by atoms with Gasteiger partial charge in [0.05, 0.1) is 11.1 Å². The van der Waals surface area contributed by atoms with E-state index in [2.05, 4.69) is 38.1 Å². The number of carbonyl (C=O) groups excluding carboxylic acids is 2. The summed E-state index contributed by atoms with van der Waals surface area (Å²) in [5, 5.41) is 0. The highest BCUT2D eigenvalue weighted by Gasteiger charge is 2.28. The smallest absolute Gasteiger partial charge is 0.338 e. The van der Waals surface area contributed by atoms with Gasteiger partial charge in [-0.25, -0.2) is 9.59 Å². The van der Waals surface area contributed by atoms with Crippen molar-refractivity contribution in [2.24, 2.45) is 11.8 Å². The molecule has 2 saturated carbocycles. The van der Waals surface area contributed by atoms with Crippen LogP contribution in [0, 0.1) is 11.8 Å². The Kier molecular flexibility index (Phi) is 9.59. The van der Waals surface area contributed by atoms with Crippen LogP contribution < -0.4 is 0 Å². The van der Waals surface area contributed by atoms with Crippen molar-refractivity contribution in [3.05, 3.63) is 107 Å². The predicted octanol–water partition coefficient (Wildman–Crippen LogP) is 9.42. The topological polar surface area (TPSA) is 52.6 Å². The average molecular weight is 553 g/mol. The zero-order valence-electron chi connectivity index (χ0n) is 24.8. The van der Waals surface area contributed by atoms with Crippen molar-refractivity contribution in [1.29, 1.82) is 0 Å². The van der Waals surface area contributed by atoms with Gasteiger partial charge in [-0.1, -0.05) is 94.1 Å². The zero-order chi connectivity index (χ0) is 28.8. The Balaban J connectivity index is 1.24. The Morgan fingerprint density at radius 3 is 1.44 bits per heavy atom. The van der Waals surface area contributed by atoms with Crippen LogP contribution in [0.4, 0.5) is 0 Å². The third kappa shape index (κ3) is 7.47. The van der Waals surface area contributed by atoms with Crippen molar-refractivity contribution in [1.82, 2.24) is 0 Å². The van der Waals surface area contributed by atoms with E-state index < -0.39 is 24.1 Å². The van der Waals surface area contributed by atoms with E-state index in [4.69, 9.17) is 9.47 Å². The second-order valence-electron chi connectivity index (χ2n) is 12.5. The fourth-order valence-corrected chi connectivity index (χ4v) is 6.53. The third-order valence-electron chi connectivity index (χ3n) is 9.35. The van der Waals surface area contributed by atoms with Gasteiger partial charge in [-0.2, -0.15) is 0 Å². The SMILES string of the molecule is CC1CCC(c2ccc(C(=O)O[C@H](c3ccccc3)[C@@H](C)OC(=O)c3ccc(C4CCC(C)CC4)cc3)cc2)CC1. The molecule has 0 N–H and O–H groups in total. The molecule has 2 atom stereocenters. The van der Waals surface area contributed by atoms with Crippen molar-refractivity contribution < 1.29 is 19.1 Å². The van der Waals surface area contributed by atoms with E-state index >= 15 is 0 Å². The van der Waals surface area contributed by atoms with Crippen LogP contribution in [-0.2, 0) is 9.47 Å². The summed E-state index contributed by atoms with van der Waals surface area (Å²) in [6.07, 6.45) is 8.45. The molecule has 41 heavy (non-hydrogen) atoms. The third-order valence-corrected chi connectivity index (χ3v) is 9.35. The Bertz CT molecular complexity index is 1260. The maximum absolute atomic E-state index is 13.3. The molecule has 216 valence electrons. The summed E-state index contributed by atoms with van der Waals surface area (Å²) in [5.74, 6) is 1.90. The van der Waals surface area contributed by atoms with Gasteiger partial charge in [0.15, 0.2) is 6.10 Å². The molecular formula is C37H44O4. The lowest BCUT2D eigenvalue weighted by Gasteiger charge is -2.27. The van der Waals surface area contributed by atoms with E-state index in [1.807, 2.05) is 54.6 Å². The van der Waals surface area contributed by atoms with Crippen molar-refractivity contribution in [2.45, 2.75) is 96.2 Å². The minimum atomic E-state index is -0.726. The molecule has 0 aromatic heterocycles. The fraction of sp³-hybridized carbons (Fsp3) is 0.459. The van der Waals surface area contributed by atoms with Gasteiger partial charge >= 0.3 is 11.9 Å². The van der Waals surface area contributed by atoms with Crippen LogP contribution in [0.25, 0.3) is 0 Å². The standard InChI is InChI=1S/C37H44O4/c1-25-9-13-28(14-10-25)30-17-21-33(22-18-30)36(38)40-27(3)35(32-7-5-4-6-8-32)41-37(39)34-23-19-31(20-24-34)29-15-11-26(2)12-16-29/h4-8,17-29,35H,9-16H2,1-3H3/t25?,26?,27-,28?,29?,35+/m1/s1. The van der Waals surface area contributed by atoms with Crippen LogP contribution in [0.1, 0.15) is 127 Å². The first-order valence-electron chi connectivity index (χ1n) is 15.5. The van der Waals surface area contributed by atoms with Crippen LogP contribution in [0.3, 0.4) is 0 Å². The van der Waals surface area contributed by atoms with Crippen LogP contribution in [0.5, 0.6) is 0 Å². The largest absolute Gasteiger partial charge is 0.455 e. The molecule has 2 fully saturated rings. The number of ether oxygens (including phenoxy) is 2. The van der Waals surface area contributed by atoms with Gasteiger partial charge in [0.1, 0.15) is 6.10 Å². The summed E-state index contributed by atoms with van der Waals surface area (Å²) in [6, 6.07) is 25.2. The molecule has 0 bridgehead atoms. The van der Waals surface area contributed by atoms with Crippen LogP contribution in [0.2, 0.25) is 0 Å². The first-order chi connectivity index (χ1) is 19.9. The average Bonchev–Trinajstić information content (AvgIpc) is 3.01. The van der Waals surface area contributed by atoms with Crippen molar-refractivity contribution >= 4 is 11.9 Å². The number of rotatable bonds is 8. The lowest BCUT2D eigenvalue weighted by Crippen LogP contribution is -2.27. The fourth-order valence-electron chi connectivity index (χ4n) is 6.53. The van der Waals surface area contributed by atoms with Crippen LogP contribution in [0.15, 0.2) is 78.9 Å². The van der Waals surface area contributed by atoms with Gasteiger partial charge in [0.2, 0.25) is 0 Å². The normalized spacial score (nSPS) is 24.2. The zero-order valence-corrected chi connectivity index (χ0v) is 24.8. The molecule has 4 heteroatoms. The summed E-state index contributed by atoms with van der Waals surface area (Å²) in [4.78, 5) is 26.4. The molecule has 0 spiro atoms. The molecule has 0 radical (unpaired) electrons. The molecule has 4 nitrogen and oxygen atoms in total. The van der Waals surface area contributed by atoms with Gasteiger partial charge in [0.25, 0.3) is 0 Å². The number of carbonyl (C=O) groups is 2. The summed E-state index contributed by atoms with van der Waals surface area (Å²) < 4.78 is 11.9. The van der Waals surface area contributed by atoms with Crippen LogP contribution >= 0.6 is 0 Å². The van der Waals surface area contributed by atoms with Crippen molar-refractivity contribution in [2.75, 3.05) is 0 Å². The molecule has 0 saturated heterocycles. The molecule has 2 aliphatic carbocycles. The van der Waals surface area contributed by atoms with E-state index in [1.54, 1.807) is 6.92 Å². The van der Waals surface area contributed by atoms with E-state index in [1.165, 1.54) is 62.5 Å². The second kappa shape index (κ2) is 13.5. The minimum Gasteiger partial charge on any atom is -0.455 e. The van der Waals surface area contributed by atoms with Gasteiger partial charge in [0, 0.05) is 0 Å². The highest BCUT2D eigenvalue weighted by atomic mass is 16.6. The predicted molar refractivity (Wildman–Crippen MR) is 163 cm³/mol. The quantitative estimate of drug-likeness (QED) is 0.261. The Morgan fingerprint density at radius 1 is 0.585 bits per heavy atom. The molecule has 3 aromatic rings. The molecule has 0 aliphatic heterocycles. The lowest BCUT2D eigenvalue weighted by atomic mass is 9.79. The van der Waals surface area contributed by atoms with Crippen molar-refractivity contribution in [3.63, 3.8) is 0 Å². The first-order valence-corrected chi connectivity index (χ1v) is 15.5. The van der Waals surface area contributed by atoms with Gasteiger partial charge in [-0.3, -0.25) is 0 Å². The summed E-state index contributed by atoms with van der Waals surface area (Å²) in [7, 11) is 0. The molecule has 2 aliphatic rings. The Morgan fingerprint density at radius 2 is 1.00 bits per heavy atom. The molecular weight excluding hydrogens is 508 g/mol.